The van der Waals surface area contributed by atoms with E-state index in [1.807, 2.05) is 0 Å². The molecule has 0 spiro atoms. The quantitative estimate of drug-likeness (QED) is 0.856. The van der Waals surface area contributed by atoms with Gasteiger partial charge in [-0.05, 0) is 24.6 Å². The molecule has 1 aromatic carbocycles. The second-order valence-electron chi connectivity index (χ2n) is 5.51. The number of rotatable bonds is 3. The summed E-state index contributed by atoms with van der Waals surface area (Å²) in [6.07, 6.45) is 1.69. The number of hydrogen-bond acceptors (Lipinski definition) is 5. The number of carbonyl (C=O) groups is 1. The molecule has 1 amide bonds. The first-order valence-electron chi connectivity index (χ1n) is 6.98. The fourth-order valence-electron chi connectivity index (χ4n) is 2.58. The van der Waals surface area contributed by atoms with Crippen molar-refractivity contribution in [3.63, 3.8) is 0 Å². The maximum Gasteiger partial charge on any atom is 0.261 e. The summed E-state index contributed by atoms with van der Waals surface area (Å²) in [7, 11) is -3.07. The van der Waals surface area contributed by atoms with E-state index in [2.05, 4.69) is 10.3 Å². The molecule has 2 heterocycles. The number of aromatic nitrogens is 2. The van der Waals surface area contributed by atoms with E-state index in [-0.39, 0.29) is 23.6 Å². The summed E-state index contributed by atoms with van der Waals surface area (Å²) in [6, 6.07) is 4.37. The summed E-state index contributed by atoms with van der Waals surface area (Å²) in [5, 5.41) is 3.38. The minimum absolute atomic E-state index is 0.0563. The third kappa shape index (κ3) is 3.53. The molecular formula is C14H14ClN3O4S. The van der Waals surface area contributed by atoms with Gasteiger partial charge < -0.3 is 5.32 Å². The van der Waals surface area contributed by atoms with Crippen LogP contribution in [0.5, 0.6) is 0 Å². The van der Waals surface area contributed by atoms with E-state index in [0.29, 0.717) is 22.3 Å². The Labute approximate surface area is 137 Å². The van der Waals surface area contributed by atoms with Crippen molar-refractivity contribution in [1.29, 1.82) is 0 Å². The molecule has 0 aliphatic carbocycles. The molecule has 1 fully saturated rings. The standard InChI is InChI=1S/C14H14ClN3O4S/c15-9-1-2-12-11(5-9)14(20)18(8-16-12)6-13(19)17-10-3-4-23(21,22)7-10/h1-2,5,8,10H,3-4,6-7H2,(H,17,19)/t10-/m0/s1. The van der Waals surface area contributed by atoms with Crippen LogP contribution in [0.4, 0.5) is 0 Å². The molecule has 0 unspecified atom stereocenters. The number of hydrogen-bond donors (Lipinski definition) is 1. The number of benzene rings is 1. The van der Waals surface area contributed by atoms with Crippen LogP contribution in [0.15, 0.2) is 29.3 Å². The molecule has 9 heteroatoms. The summed E-state index contributed by atoms with van der Waals surface area (Å²) < 4.78 is 23.9. The van der Waals surface area contributed by atoms with E-state index in [4.69, 9.17) is 11.6 Å². The van der Waals surface area contributed by atoms with Crippen molar-refractivity contribution < 1.29 is 13.2 Å². The van der Waals surface area contributed by atoms with Gasteiger partial charge in [0.05, 0.1) is 28.7 Å². The maximum atomic E-state index is 12.3. The van der Waals surface area contributed by atoms with Gasteiger partial charge in [0.25, 0.3) is 5.56 Å². The van der Waals surface area contributed by atoms with E-state index in [9.17, 15) is 18.0 Å². The maximum absolute atomic E-state index is 12.3. The molecule has 1 aromatic heterocycles. The van der Waals surface area contributed by atoms with Crippen LogP contribution in [-0.2, 0) is 21.2 Å². The Morgan fingerprint density at radius 2 is 2.22 bits per heavy atom. The molecule has 0 saturated carbocycles. The number of fused-ring (bicyclic) bond motifs is 1. The van der Waals surface area contributed by atoms with Crippen LogP contribution in [0.1, 0.15) is 6.42 Å². The summed E-state index contributed by atoms with van der Waals surface area (Å²) in [4.78, 5) is 28.5. The predicted molar refractivity (Wildman–Crippen MR) is 86.2 cm³/mol. The highest BCUT2D eigenvalue weighted by Gasteiger charge is 2.28. The molecule has 3 rings (SSSR count). The van der Waals surface area contributed by atoms with Gasteiger partial charge >= 0.3 is 0 Å². The Kier molecular flexibility index (Phi) is 4.11. The number of carbonyl (C=O) groups excluding carboxylic acids is 1. The van der Waals surface area contributed by atoms with Gasteiger partial charge in [-0.2, -0.15) is 0 Å². The molecule has 122 valence electrons. The number of nitrogens with zero attached hydrogens (tertiary/aromatic N) is 2. The van der Waals surface area contributed by atoms with Gasteiger partial charge in [0, 0.05) is 11.1 Å². The molecule has 0 radical (unpaired) electrons. The lowest BCUT2D eigenvalue weighted by molar-refractivity contribution is -0.122. The summed E-state index contributed by atoms with van der Waals surface area (Å²) in [5.41, 5.74) is 0.129. The van der Waals surface area contributed by atoms with Crippen LogP contribution in [0.25, 0.3) is 10.9 Å². The van der Waals surface area contributed by atoms with Gasteiger partial charge in [0.1, 0.15) is 6.54 Å². The molecule has 7 nitrogen and oxygen atoms in total. The molecule has 1 saturated heterocycles. The Balaban J connectivity index is 1.77. The van der Waals surface area contributed by atoms with Gasteiger partial charge in [0.15, 0.2) is 9.84 Å². The first-order chi connectivity index (χ1) is 10.8. The fourth-order valence-corrected chi connectivity index (χ4v) is 4.43. The second kappa shape index (κ2) is 5.93. The Bertz CT molecular complexity index is 939. The molecular weight excluding hydrogens is 342 g/mol. The van der Waals surface area contributed by atoms with Crippen LogP contribution in [-0.4, -0.2) is 41.4 Å². The van der Waals surface area contributed by atoms with Crippen LogP contribution in [0.3, 0.4) is 0 Å². The molecule has 1 atom stereocenters. The zero-order valence-electron chi connectivity index (χ0n) is 12.0. The SMILES string of the molecule is O=C(Cn1cnc2ccc(Cl)cc2c1=O)N[C@H]1CCS(=O)(=O)C1. The summed E-state index contributed by atoms with van der Waals surface area (Å²) in [5.74, 6) is -0.398. The van der Waals surface area contributed by atoms with Crippen molar-refractivity contribution in [3.05, 3.63) is 39.9 Å². The monoisotopic (exact) mass is 355 g/mol. The van der Waals surface area contributed by atoms with Gasteiger partial charge in [0.2, 0.25) is 5.91 Å². The largest absolute Gasteiger partial charge is 0.351 e. The van der Waals surface area contributed by atoms with Crippen LogP contribution in [0.2, 0.25) is 5.02 Å². The minimum Gasteiger partial charge on any atom is -0.351 e. The molecule has 1 aliphatic heterocycles. The molecule has 2 aromatic rings. The lowest BCUT2D eigenvalue weighted by atomic mass is 10.2. The second-order valence-corrected chi connectivity index (χ2v) is 8.17. The molecule has 23 heavy (non-hydrogen) atoms. The zero-order chi connectivity index (χ0) is 16.6. The average molecular weight is 356 g/mol. The summed E-state index contributed by atoms with van der Waals surface area (Å²) in [6.45, 7) is -0.217. The number of sulfone groups is 1. The van der Waals surface area contributed by atoms with Crippen molar-refractivity contribution in [2.45, 2.75) is 19.0 Å². The molecule has 0 bridgehead atoms. The third-order valence-corrected chi connectivity index (χ3v) is 5.70. The fraction of sp³-hybridized carbons (Fsp3) is 0.357. The van der Waals surface area contributed by atoms with Gasteiger partial charge in [-0.1, -0.05) is 11.6 Å². The highest BCUT2D eigenvalue weighted by Crippen LogP contribution is 2.14. The van der Waals surface area contributed by atoms with E-state index >= 15 is 0 Å². The van der Waals surface area contributed by atoms with E-state index in [1.54, 1.807) is 12.1 Å². The highest BCUT2D eigenvalue weighted by atomic mass is 35.5. The number of halogens is 1. The highest BCUT2D eigenvalue weighted by molar-refractivity contribution is 7.91. The number of nitrogens with one attached hydrogen (secondary N) is 1. The van der Waals surface area contributed by atoms with Crippen molar-refractivity contribution in [2.24, 2.45) is 0 Å². The van der Waals surface area contributed by atoms with Crippen LogP contribution in [0, 0.1) is 0 Å². The first-order valence-corrected chi connectivity index (χ1v) is 9.18. The first kappa shape index (κ1) is 15.9. The normalized spacial score (nSPS) is 19.8. The van der Waals surface area contributed by atoms with E-state index in [1.165, 1.54) is 17.0 Å². The lowest BCUT2D eigenvalue weighted by Crippen LogP contribution is -2.39. The topological polar surface area (TPSA) is 98.1 Å². The number of amides is 1. The van der Waals surface area contributed by atoms with Crippen molar-refractivity contribution in [1.82, 2.24) is 14.9 Å². The van der Waals surface area contributed by atoms with Gasteiger partial charge in [-0.25, -0.2) is 13.4 Å². The van der Waals surface area contributed by atoms with Gasteiger partial charge in [-0.3, -0.25) is 14.2 Å². The van der Waals surface area contributed by atoms with Crippen molar-refractivity contribution in [2.75, 3.05) is 11.5 Å². The Hall–Kier alpha value is -1.93. The van der Waals surface area contributed by atoms with Crippen molar-refractivity contribution in [3.8, 4) is 0 Å². The van der Waals surface area contributed by atoms with E-state index in [0.717, 1.165) is 0 Å². The van der Waals surface area contributed by atoms with Crippen molar-refractivity contribution >= 4 is 38.2 Å². The average Bonchev–Trinajstić information content (AvgIpc) is 2.81. The summed E-state index contributed by atoms with van der Waals surface area (Å²) >= 11 is 5.88. The smallest absolute Gasteiger partial charge is 0.261 e. The molecule has 1 aliphatic rings. The van der Waals surface area contributed by atoms with Crippen LogP contribution >= 0.6 is 11.6 Å². The van der Waals surface area contributed by atoms with E-state index < -0.39 is 21.8 Å². The van der Waals surface area contributed by atoms with Crippen LogP contribution < -0.4 is 10.9 Å². The minimum atomic E-state index is -3.07. The Morgan fingerprint density at radius 1 is 1.43 bits per heavy atom. The third-order valence-electron chi connectivity index (χ3n) is 3.70. The Morgan fingerprint density at radius 3 is 2.91 bits per heavy atom. The zero-order valence-corrected chi connectivity index (χ0v) is 13.6. The lowest BCUT2D eigenvalue weighted by Gasteiger charge is -2.12. The predicted octanol–water partition coefficient (Wildman–Crippen LogP) is 0.353. The van der Waals surface area contributed by atoms with Gasteiger partial charge in [-0.15, -0.1) is 0 Å². The molecule has 1 N–H and O–H groups in total.